The van der Waals surface area contributed by atoms with Crippen molar-refractivity contribution in [3.8, 4) is 39.3 Å². The second-order valence-corrected chi connectivity index (χ2v) is 10.5. The average molecular weight is 648 g/mol. The Bertz CT molecular complexity index is 1470. The predicted octanol–water partition coefficient (Wildman–Crippen LogP) is 8.57. The molecule has 1 aromatic heterocycles. The van der Waals surface area contributed by atoms with E-state index in [4.69, 9.17) is 0 Å². The Balaban J connectivity index is 0.00000110. The summed E-state index contributed by atoms with van der Waals surface area (Å²) in [4.78, 5) is 0.967. The molecule has 0 fully saturated rings. The zero-order chi connectivity index (χ0) is 26.0. The van der Waals surface area contributed by atoms with Crippen LogP contribution in [0.25, 0.3) is 39.3 Å². The molecule has 0 atom stereocenters. The molecule has 2 heterocycles. The fourth-order valence-electron chi connectivity index (χ4n) is 4.87. The number of hydrogen-bond acceptors (Lipinski definition) is 1. The third-order valence-electron chi connectivity index (χ3n) is 6.61. The molecule has 0 saturated carbocycles. The van der Waals surface area contributed by atoms with Crippen molar-refractivity contribution in [2.75, 3.05) is 5.75 Å². The van der Waals surface area contributed by atoms with Crippen LogP contribution in [0, 0.1) is 53.2 Å². The Labute approximate surface area is 262 Å². The van der Waals surface area contributed by atoms with Crippen molar-refractivity contribution in [3.63, 3.8) is 0 Å². The van der Waals surface area contributed by atoms with E-state index in [1.54, 1.807) is 23.9 Å². The smallest absolute Gasteiger partial charge is 0.224 e. The van der Waals surface area contributed by atoms with Crippen LogP contribution in [0.3, 0.4) is 0 Å². The largest absolute Gasteiger partial charge is 0.293 e. The van der Waals surface area contributed by atoms with E-state index in [-0.39, 0.29) is 52.6 Å². The van der Waals surface area contributed by atoms with E-state index >= 15 is 0 Å². The van der Waals surface area contributed by atoms with E-state index in [1.165, 1.54) is 0 Å². The fraction of sp³-hybridized carbons (Fsp3) is 0.182. The van der Waals surface area contributed by atoms with Crippen molar-refractivity contribution in [2.24, 2.45) is 0 Å². The zero-order valence-corrected chi connectivity index (χ0v) is 26.8. The number of imidazole rings is 1. The van der Waals surface area contributed by atoms with Gasteiger partial charge in [0.1, 0.15) is 23.7 Å². The van der Waals surface area contributed by atoms with Crippen LogP contribution in [-0.2, 0) is 5.54 Å². The first-order valence-electron chi connectivity index (χ1n) is 12.7. The molecule has 0 saturated heterocycles. The Morgan fingerprint density at radius 1 is 0.842 bits per heavy atom. The number of halogens is 1. The van der Waals surface area contributed by atoms with Crippen molar-refractivity contribution in [1.29, 1.82) is 0 Å². The summed E-state index contributed by atoms with van der Waals surface area (Å²) in [6, 6.07) is 33.6. The van der Waals surface area contributed by atoms with Crippen molar-refractivity contribution in [1.82, 2.24) is 4.57 Å². The number of rotatable bonds is 3. The molecule has 6 rings (SSSR count). The van der Waals surface area contributed by atoms with E-state index in [0.29, 0.717) is 0 Å². The van der Waals surface area contributed by atoms with Gasteiger partial charge in [0, 0.05) is 57.6 Å². The Kier molecular flexibility index (Phi) is 9.29. The molecule has 0 spiro atoms. The number of thioether (sulfide) groups is 1. The zero-order valence-electron chi connectivity index (χ0n) is 22.3. The second-order valence-electron chi connectivity index (χ2n) is 9.47. The topological polar surface area (TPSA) is 8.81 Å². The number of aromatic nitrogens is 2. The van der Waals surface area contributed by atoms with E-state index < -0.39 is 0 Å². The number of hydrogen-bond donors (Lipinski definition) is 0. The number of nitrogens with zero attached hydrogens (tertiary/aromatic N) is 2. The van der Waals surface area contributed by atoms with Crippen molar-refractivity contribution >= 4 is 11.8 Å². The molecule has 0 bridgehead atoms. The molecule has 189 valence electrons. The van der Waals surface area contributed by atoms with Gasteiger partial charge >= 0.3 is 0 Å². The maximum atomic E-state index is 14.3. The summed E-state index contributed by atoms with van der Waals surface area (Å²) in [5.74, 6) is 1.70. The summed E-state index contributed by atoms with van der Waals surface area (Å²) in [6.45, 7) is 8.48. The SMILES string of the molecule is CC.CC1(C)CSc2cc(F)ccc2-c2n(-c3c(-c4ccccc4)c[c-]cc3-c3ccccc3)cc[n+]21.[Pr]. The van der Waals surface area contributed by atoms with Gasteiger partial charge in [-0.3, -0.25) is 0 Å². The van der Waals surface area contributed by atoms with Crippen LogP contribution in [-0.4, -0.2) is 10.3 Å². The van der Waals surface area contributed by atoms with Crippen LogP contribution in [0.2, 0.25) is 0 Å². The van der Waals surface area contributed by atoms with Crippen molar-refractivity contribution in [2.45, 2.75) is 38.1 Å². The standard InChI is InChI=1S/C31H25FN2S.C2H6.Pr/c1-31(2)21-35-28-20-24(32)16-17-27(28)30-33(18-19-34(30)31)29-25(22-10-5-3-6-11-22)14-9-15-26(29)23-12-7-4-8-13-23;1-2;/h3-8,10-20H,21H2,1-2H3;1-2H3;. The molecule has 1 radical (unpaired) electrons. The molecule has 1 aliphatic heterocycles. The van der Waals surface area contributed by atoms with Gasteiger partial charge < -0.3 is 0 Å². The van der Waals surface area contributed by atoms with Gasteiger partial charge in [0.25, 0.3) is 5.82 Å². The summed E-state index contributed by atoms with van der Waals surface area (Å²) >= 11 is 1.72. The molecule has 0 amide bonds. The minimum Gasteiger partial charge on any atom is -0.224 e. The Morgan fingerprint density at radius 2 is 1.42 bits per heavy atom. The molecular weight excluding hydrogens is 616 g/mol. The van der Waals surface area contributed by atoms with Gasteiger partial charge in [-0.1, -0.05) is 96.8 Å². The second kappa shape index (κ2) is 12.3. The first-order valence-corrected chi connectivity index (χ1v) is 13.7. The van der Waals surface area contributed by atoms with Gasteiger partial charge in [-0.15, -0.1) is 11.8 Å². The molecule has 2 nitrogen and oxygen atoms in total. The molecular formula is C33H31FN2PrS. The summed E-state index contributed by atoms with van der Waals surface area (Å²) in [5, 5.41) is 0. The molecule has 4 aromatic carbocycles. The number of fused-ring (bicyclic) bond motifs is 3. The van der Waals surface area contributed by atoms with Crippen LogP contribution < -0.4 is 4.57 Å². The van der Waals surface area contributed by atoms with Crippen LogP contribution in [0.5, 0.6) is 0 Å². The number of benzene rings is 4. The third kappa shape index (κ3) is 5.41. The normalized spacial score (nSPS) is 13.2. The van der Waals surface area contributed by atoms with Gasteiger partial charge in [0.15, 0.2) is 0 Å². The summed E-state index contributed by atoms with van der Waals surface area (Å²) in [7, 11) is 0. The Hall–Kier alpha value is -2.27. The van der Waals surface area contributed by atoms with E-state index in [9.17, 15) is 4.39 Å². The average Bonchev–Trinajstić information content (AvgIpc) is 3.35. The molecule has 5 heteroatoms. The molecule has 0 aliphatic carbocycles. The minimum absolute atomic E-state index is 0. The van der Waals surface area contributed by atoms with Gasteiger partial charge in [-0.05, 0) is 32.0 Å². The van der Waals surface area contributed by atoms with Gasteiger partial charge in [-0.2, -0.15) is 18.2 Å². The van der Waals surface area contributed by atoms with E-state index in [1.807, 2.05) is 32.0 Å². The van der Waals surface area contributed by atoms with Gasteiger partial charge in [0.05, 0.1) is 5.56 Å². The predicted molar refractivity (Wildman–Crippen MR) is 152 cm³/mol. The van der Waals surface area contributed by atoms with Crippen molar-refractivity contribution < 1.29 is 50.2 Å². The molecule has 1 aliphatic rings. The van der Waals surface area contributed by atoms with Gasteiger partial charge in [0.2, 0.25) is 0 Å². The first kappa shape index (κ1) is 28.7. The molecule has 5 aromatic rings. The summed E-state index contributed by atoms with van der Waals surface area (Å²) in [6.07, 6.45) is 4.31. The van der Waals surface area contributed by atoms with Crippen molar-refractivity contribution in [3.05, 3.63) is 115 Å². The fourth-order valence-corrected chi connectivity index (χ4v) is 6.03. The van der Waals surface area contributed by atoms with Crippen LogP contribution >= 0.6 is 11.8 Å². The van der Waals surface area contributed by atoms with Crippen LogP contribution in [0.15, 0.2) is 108 Å². The maximum absolute atomic E-state index is 14.3. The minimum atomic E-state index is -0.204. The summed E-state index contributed by atoms with van der Waals surface area (Å²) < 4.78 is 18.9. The molecule has 0 N–H and O–H groups in total. The molecule has 0 unspecified atom stereocenters. The van der Waals surface area contributed by atoms with Crippen LogP contribution in [0.1, 0.15) is 27.7 Å². The first-order chi connectivity index (χ1) is 18.0. The molecule has 38 heavy (non-hydrogen) atoms. The van der Waals surface area contributed by atoms with Gasteiger partial charge in [-0.25, -0.2) is 13.5 Å². The summed E-state index contributed by atoms with van der Waals surface area (Å²) in [5.41, 5.74) is 6.44. The third-order valence-corrected chi connectivity index (χ3v) is 8.11. The quantitative estimate of drug-likeness (QED) is 0.141. The van der Waals surface area contributed by atoms with E-state index in [2.05, 4.69) is 102 Å². The maximum Gasteiger partial charge on any atom is 0.293 e. The monoisotopic (exact) mass is 647 g/mol. The Morgan fingerprint density at radius 3 is 2.00 bits per heavy atom. The van der Waals surface area contributed by atoms with E-state index in [0.717, 1.165) is 50.0 Å². The van der Waals surface area contributed by atoms with Crippen LogP contribution in [0.4, 0.5) is 4.39 Å².